The lowest BCUT2D eigenvalue weighted by Crippen LogP contribution is -2.55. The molecule has 4 nitrogen and oxygen atoms in total. The summed E-state index contributed by atoms with van der Waals surface area (Å²) in [4.78, 5) is 12.2. The zero-order valence-corrected chi connectivity index (χ0v) is 16.0. The van der Waals surface area contributed by atoms with Gasteiger partial charge >= 0.3 is 6.09 Å². The maximum atomic E-state index is 12.2. The predicted molar refractivity (Wildman–Crippen MR) is 98.1 cm³/mol. The van der Waals surface area contributed by atoms with Gasteiger partial charge in [0.15, 0.2) is 0 Å². The molecule has 4 atom stereocenters. The number of hydrogen-bond acceptors (Lipinski definition) is 4. The normalized spacial score (nSPS) is 32.9. The van der Waals surface area contributed by atoms with E-state index in [4.69, 9.17) is 4.74 Å². The molecule has 2 rings (SSSR count). The Morgan fingerprint density at radius 1 is 1.00 bits per heavy atom. The zero-order chi connectivity index (χ0) is 16.9. The fourth-order valence-corrected chi connectivity index (χ4v) is 4.71. The Morgan fingerprint density at radius 2 is 1.65 bits per heavy atom. The largest absolute Gasteiger partial charge is 0.444 e. The van der Waals surface area contributed by atoms with E-state index in [0.717, 1.165) is 12.8 Å². The van der Waals surface area contributed by atoms with Gasteiger partial charge in [-0.3, -0.25) is 0 Å². The smallest absolute Gasteiger partial charge is 0.407 e. The highest BCUT2D eigenvalue weighted by atomic mass is 32.2. The minimum absolute atomic E-state index is 0.187. The molecule has 4 unspecified atom stereocenters. The van der Waals surface area contributed by atoms with Crippen molar-refractivity contribution in [3.05, 3.63) is 0 Å². The van der Waals surface area contributed by atoms with Crippen LogP contribution in [0.5, 0.6) is 0 Å². The maximum absolute atomic E-state index is 12.2. The molecule has 1 saturated heterocycles. The minimum Gasteiger partial charge on any atom is -0.444 e. The summed E-state index contributed by atoms with van der Waals surface area (Å²) in [5, 5.41) is 7.68. The standard InChI is InChI=1S/C18H34N2O2S/c1-13-14(11-8-12-23-13)19-15-9-6-5-7-10-16(15)20-17(21)22-18(2,3)4/h13-16,19H,5-12H2,1-4H3,(H,20,21). The first-order chi connectivity index (χ1) is 10.8. The average Bonchev–Trinajstić information content (AvgIpc) is 2.65. The number of hydrogen-bond donors (Lipinski definition) is 2. The summed E-state index contributed by atoms with van der Waals surface area (Å²) in [5.41, 5.74) is -0.438. The van der Waals surface area contributed by atoms with Crippen LogP contribution in [0.2, 0.25) is 0 Å². The van der Waals surface area contributed by atoms with Crippen molar-refractivity contribution >= 4 is 17.9 Å². The van der Waals surface area contributed by atoms with Crippen LogP contribution in [0.1, 0.15) is 72.6 Å². The lowest BCUT2D eigenvalue weighted by Gasteiger charge is -2.36. The second kappa shape index (κ2) is 8.61. The molecular formula is C18H34N2O2S. The number of amides is 1. The van der Waals surface area contributed by atoms with Gasteiger partial charge in [-0.25, -0.2) is 4.79 Å². The third-order valence-corrected chi connectivity index (χ3v) is 6.13. The molecule has 23 heavy (non-hydrogen) atoms. The van der Waals surface area contributed by atoms with Crippen LogP contribution in [0.4, 0.5) is 4.79 Å². The van der Waals surface area contributed by atoms with Gasteiger partial charge in [0.25, 0.3) is 0 Å². The number of ether oxygens (including phenoxy) is 1. The molecular weight excluding hydrogens is 308 g/mol. The van der Waals surface area contributed by atoms with E-state index in [1.54, 1.807) is 0 Å². The summed E-state index contributed by atoms with van der Waals surface area (Å²) >= 11 is 2.07. The first-order valence-electron chi connectivity index (χ1n) is 9.22. The Hall–Kier alpha value is -0.420. The van der Waals surface area contributed by atoms with Crippen molar-refractivity contribution in [1.29, 1.82) is 0 Å². The van der Waals surface area contributed by atoms with Gasteiger partial charge in [-0.05, 0) is 52.2 Å². The molecule has 0 aromatic heterocycles. The first kappa shape index (κ1) is 18.9. The number of alkyl carbamates (subject to hydrolysis) is 1. The van der Waals surface area contributed by atoms with Crippen LogP contribution in [-0.4, -0.2) is 40.8 Å². The summed E-state index contributed by atoms with van der Waals surface area (Å²) in [7, 11) is 0. The average molecular weight is 343 g/mol. The molecule has 1 aliphatic carbocycles. The van der Waals surface area contributed by atoms with Crippen LogP contribution in [0.15, 0.2) is 0 Å². The van der Waals surface area contributed by atoms with Crippen LogP contribution in [-0.2, 0) is 4.74 Å². The fourth-order valence-electron chi connectivity index (χ4n) is 3.56. The minimum atomic E-state index is -0.438. The highest BCUT2D eigenvalue weighted by molar-refractivity contribution is 7.99. The van der Waals surface area contributed by atoms with Crippen molar-refractivity contribution in [3.8, 4) is 0 Å². The van der Waals surface area contributed by atoms with E-state index in [-0.39, 0.29) is 12.1 Å². The van der Waals surface area contributed by atoms with Crippen LogP contribution < -0.4 is 10.6 Å². The van der Waals surface area contributed by atoms with Gasteiger partial charge in [-0.2, -0.15) is 11.8 Å². The Balaban J connectivity index is 1.94. The molecule has 5 heteroatoms. The van der Waals surface area contributed by atoms with Crippen molar-refractivity contribution < 1.29 is 9.53 Å². The summed E-state index contributed by atoms with van der Waals surface area (Å²) in [6, 6.07) is 1.13. The number of carbonyl (C=O) groups excluding carboxylic acids is 1. The monoisotopic (exact) mass is 342 g/mol. The number of carbonyl (C=O) groups is 1. The van der Waals surface area contributed by atoms with Crippen molar-refractivity contribution in [2.75, 3.05) is 5.75 Å². The van der Waals surface area contributed by atoms with Crippen LogP contribution in [0, 0.1) is 0 Å². The van der Waals surface area contributed by atoms with Gasteiger partial charge in [0.1, 0.15) is 5.60 Å². The second-order valence-corrected chi connectivity index (χ2v) is 9.47. The molecule has 1 heterocycles. The highest BCUT2D eigenvalue weighted by Gasteiger charge is 2.31. The van der Waals surface area contributed by atoms with Crippen LogP contribution in [0.3, 0.4) is 0 Å². The zero-order valence-electron chi connectivity index (χ0n) is 15.2. The summed E-state index contributed by atoms with van der Waals surface area (Å²) in [5.74, 6) is 1.28. The second-order valence-electron chi connectivity index (χ2n) is 7.99. The van der Waals surface area contributed by atoms with Crippen LogP contribution in [0.25, 0.3) is 0 Å². The quantitative estimate of drug-likeness (QED) is 0.759. The Labute approximate surface area is 145 Å². The van der Waals surface area contributed by atoms with E-state index < -0.39 is 5.60 Å². The van der Waals surface area contributed by atoms with Crippen molar-refractivity contribution in [3.63, 3.8) is 0 Å². The van der Waals surface area contributed by atoms with E-state index in [2.05, 4.69) is 29.3 Å². The van der Waals surface area contributed by atoms with E-state index in [9.17, 15) is 4.79 Å². The molecule has 0 radical (unpaired) electrons. The van der Waals surface area contributed by atoms with Crippen LogP contribution >= 0.6 is 11.8 Å². The highest BCUT2D eigenvalue weighted by Crippen LogP contribution is 2.27. The molecule has 2 fully saturated rings. The number of rotatable bonds is 3. The number of nitrogens with one attached hydrogen (secondary N) is 2. The lowest BCUT2D eigenvalue weighted by molar-refractivity contribution is 0.0487. The topological polar surface area (TPSA) is 50.4 Å². The molecule has 0 aromatic rings. The Bertz CT molecular complexity index is 384. The van der Waals surface area contributed by atoms with E-state index >= 15 is 0 Å². The third kappa shape index (κ3) is 6.54. The molecule has 0 aromatic carbocycles. The molecule has 134 valence electrons. The third-order valence-electron chi connectivity index (χ3n) is 4.75. The van der Waals surface area contributed by atoms with Crippen molar-refractivity contribution in [2.24, 2.45) is 0 Å². The van der Waals surface area contributed by atoms with Gasteiger partial charge in [0.2, 0.25) is 0 Å². The molecule has 1 aliphatic heterocycles. The summed E-state index contributed by atoms with van der Waals surface area (Å²) in [6.07, 6.45) is 8.17. The van der Waals surface area contributed by atoms with Gasteiger partial charge in [0, 0.05) is 23.4 Å². The first-order valence-corrected chi connectivity index (χ1v) is 10.3. The van der Waals surface area contributed by atoms with Gasteiger partial charge in [0.05, 0.1) is 0 Å². The van der Waals surface area contributed by atoms with E-state index in [1.165, 1.54) is 37.9 Å². The van der Waals surface area contributed by atoms with Gasteiger partial charge in [-0.15, -0.1) is 0 Å². The van der Waals surface area contributed by atoms with E-state index in [1.807, 2.05) is 20.8 Å². The number of thioether (sulfide) groups is 1. The summed E-state index contributed by atoms with van der Waals surface area (Å²) < 4.78 is 5.46. The molecule has 2 aliphatic rings. The fraction of sp³-hybridized carbons (Fsp3) is 0.944. The van der Waals surface area contributed by atoms with Crippen molar-refractivity contribution in [2.45, 2.75) is 102 Å². The van der Waals surface area contributed by atoms with Gasteiger partial charge in [-0.1, -0.05) is 26.2 Å². The van der Waals surface area contributed by atoms with Gasteiger partial charge < -0.3 is 15.4 Å². The molecule has 0 spiro atoms. The lowest BCUT2D eigenvalue weighted by atomic mass is 9.99. The van der Waals surface area contributed by atoms with E-state index in [0.29, 0.717) is 17.3 Å². The predicted octanol–water partition coefficient (Wildman–Crippen LogP) is 4.09. The Morgan fingerprint density at radius 3 is 2.30 bits per heavy atom. The molecule has 0 bridgehead atoms. The molecule has 1 amide bonds. The SMILES string of the molecule is CC1SCCCC1NC1CCCCCC1NC(=O)OC(C)(C)C. The molecule has 1 saturated carbocycles. The van der Waals surface area contributed by atoms with Crippen molar-refractivity contribution in [1.82, 2.24) is 10.6 Å². The summed E-state index contributed by atoms with van der Waals surface area (Å²) in [6.45, 7) is 8.07. The molecule has 2 N–H and O–H groups in total. The maximum Gasteiger partial charge on any atom is 0.407 e. The Kier molecular flexibility index (Phi) is 7.08.